The average molecular weight is 325 g/mol. The van der Waals surface area contributed by atoms with Gasteiger partial charge in [0.25, 0.3) is 5.91 Å². The summed E-state index contributed by atoms with van der Waals surface area (Å²) in [7, 11) is 0. The Hall–Kier alpha value is -2.29. The van der Waals surface area contributed by atoms with E-state index >= 15 is 0 Å². The first-order valence-corrected chi connectivity index (χ1v) is 8.51. The first kappa shape index (κ1) is 18.1. The summed E-state index contributed by atoms with van der Waals surface area (Å²) < 4.78 is 5.98. The van der Waals surface area contributed by atoms with Crippen LogP contribution in [0.25, 0.3) is 0 Å². The molecule has 0 spiro atoms. The highest BCUT2D eigenvalue weighted by atomic mass is 16.5. The van der Waals surface area contributed by atoms with Crippen LogP contribution in [-0.2, 0) is 4.79 Å². The molecule has 0 aliphatic heterocycles. The highest BCUT2D eigenvalue weighted by Crippen LogP contribution is 2.22. The van der Waals surface area contributed by atoms with E-state index in [1.165, 1.54) is 5.56 Å². The van der Waals surface area contributed by atoms with Crippen molar-refractivity contribution in [2.24, 2.45) is 0 Å². The Labute approximate surface area is 145 Å². The van der Waals surface area contributed by atoms with Crippen molar-refractivity contribution in [2.75, 3.05) is 0 Å². The number of carbonyl (C=O) groups excluding carboxylic acids is 1. The molecule has 24 heavy (non-hydrogen) atoms. The Morgan fingerprint density at radius 3 is 2.29 bits per heavy atom. The van der Waals surface area contributed by atoms with Crippen molar-refractivity contribution in [2.45, 2.75) is 53.2 Å². The summed E-state index contributed by atoms with van der Waals surface area (Å²) in [5, 5.41) is 3.06. The van der Waals surface area contributed by atoms with E-state index in [1.54, 1.807) is 0 Å². The van der Waals surface area contributed by atoms with Gasteiger partial charge >= 0.3 is 0 Å². The number of ether oxygens (including phenoxy) is 1. The molecule has 3 nitrogen and oxygen atoms in total. The van der Waals surface area contributed by atoms with Gasteiger partial charge in [0.15, 0.2) is 6.10 Å². The molecule has 0 aliphatic rings. The lowest BCUT2D eigenvalue weighted by atomic mass is 10.1. The van der Waals surface area contributed by atoms with Gasteiger partial charge in [-0.05, 0) is 56.9 Å². The van der Waals surface area contributed by atoms with Crippen molar-refractivity contribution in [1.82, 2.24) is 5.32 Å². The van der Waals surface area contributed by atoms with Crippen molar-refractivity contribution in [3.63, 3.8) is 0 Å². The van der Waals surface area contributed by atoms with Gasteiger partial charge in [0.05, 0.1) is 6.04 Å². The smallest absolute Gasteiger partial charge is 0.261 e. The molecule has 0 saturated carbocycles. The van der Waals surface area contributed by atoms with Gasteiger partial charge in [0.2, 0.25) is 0 Å². The summed E-state index contributed by atoms with van der Waals surface area (Å²) in [6.07, 6.45) is 0.137. The molecule has 0 radical (unpaired) electrons. The molecule has 2 aromatic carbocycles. The van der Waals surface area contributed by atoms with E-state index in [-0.39, 0.29) is 11.9 Å². The number of rotatable bonds is 6. The molecule has 0 heterocycles. The summed E-state index contributed by atoms with van der Waals surface area (Å²) in [6.45, 7) is 10.0. The molecule has 0 fully saturated rings. The van der Waals surface area contributed by atoms with Crippen LogP contribution in [-0.4, -0.2) is 12.0 Å². The minimum absolute atomic E-state index is 0.0469. The minimum atomic E-state index is -0.488. The van der Waals surface area contributed by atoms with Gasteiger partial charge in [-0.3, -0.25) is 4.79 Å². The van der Waals surface area contributed by atoms with Gasteiger partial charge in [-0.2, -0.15) is 0 Å². The maximum Gasteiger partial charge on any atom is 0.261 e. The predicted molar refractivity (Wildman–Crippen MR) is 98.4 cm³/mol. The third kappa shape index (κ3) is 4.60. The number of carbonyl (C=O) groups is 1. The van der Waals surface area contributed by atoms with Crippen molar-refractivity contribution < 1.29 is 9.53 Å². The van der Waals surface area contributed by atoms with Crippen molar-refractivity contribution in [3.8, 4) is 5.75 Å². The van der Waals surface area contributed by atoms with Crippen LogP contribution in [0.3, 0.4) is 0 Å². The Balaban J connectivity index is 2.05. The highest BCUT2D eigenvalue weighted by Gasteiger charge is 2.21. The summed E-state index contributed by atoms with van der Waals surface area (Å²) in [4.78, 5) is 12.6. The number of amides is 1. The van der Waals surface area contributed by atoms with Gasteiger partial charge in [-0.15, -0.1) is 0 Å². The van der Waals surface area contributed by atoms with E-state index in [4.69, 9.17) is 4.74 Å². The zero-order valence-corrected chi connectivity index (χ0v) is 15.2. The predicted octanol–water partition coefficient (Wildman–Crippen LogP) is 4.65. The SMILES string of the molecule is CC[C@@H](Oc1cc(C)ccc1C)C(=O)N[C@H](C)c1ccc(C)cc1. The molecular weight excluding hydrogens is 298 g/mol. The number of benzene rings is 2. The maximum absolute atomic E-state index is 12.6. The molecule has 0 aromatic heterocycles. The number of hydrogen-bond acceptors (Lipinski definition) is 2. The van der Waals surface area contributed by atoms with Crippen LogP contribution in [0.4, 0.5) is 0 Å². The van der Waals surface area contributed by atoms with Gasteiger partial charge in [-0.1, -0.05) is 48.9 Å². The van der Waals surface area contributed by atoms with Crippen LogP contribution in [0.1, 0.15) is 48.6 Å². The fourth-order valence-electron chi connectivity index (χ4n) is 2.55. The van der Waals surface area contributed by atoms with Crippen LogP contribution in [0, 0.1) is 20.8 Å². The van der Waals surface area contributed by atoms with E-state index in [9.17, 15) is 4.79 Å². The summed E-state index contributed by atoms with van der Waals surface area (Å²) >= 11 is 0. The van der Waals surface area contributed by atoms with Crippen LogP contribution in [0.15, 0.2) is 42.5 Å². The molecular formula is C21H27NO2. The van der Waals surface area contributed by atoms with Crippen LogP contribution in [0.5, 0.6) is 5.75 Å². The second kappa shape index (κ2) is 8.00. The Morgan fingerprint density at radius 2 is 1.67 bits per heavy atom. The second-order valence-electron chi connectivity index (χ2n) is 6.42. The topological polar surface area (TPSA) is 38.3 Å². The standard InChI is InChI=1S/C21H27NO2/c1-6-19(24-20-13-15(3)7-10-16(20)4)21(23)22-17(5)18-11-8-14(2)9-12-18/h7-13,17,19H,6H2,1-5H3,(H,22,23)/t17-,19-/m1/s1. The van der Waals surface area contributed by atoms with Crippen molar-refractivity contribution in [3.05, 3.63) is 64.7 Å². The van der Waals surface area contributed by atoms with Crippen molar-refractivity contribution >= 4 is 5.91 Å². The van der Waals surface area contributed by atoms with E-state index < -0.39 is 6.10 Å². The Kier molecular flexibility index (Phi) is 6.02. The molecule has 0 bridgehead atoms. The third-order valence-corrected chi connectivity index (χ3v) is 4.21. The monoisotopic (exact) mass is 325 g/mol. The molecule has 0 unspecified atom stereocenters. The molecule has 2 aromatic rings. The van der Waals surface area contributed by atoms with Crippen LogP contribution in [0.2, 0.25) is 0 Å². The van der Waals surface area contributed by atoms with Gasteiger partial charge < -0.3 is 10.1 Å². The molecule has 1 N–H and O–H groups in total. The van der Waals surface area contributed by atoms with E-state index in [2.05, 4.69) is 24.4 Å². The first-order chi connectivity index (χ1) is 11.4. The highest BCUT2D eigenvalue weighted by molar-refractivity contribution is 5.81. The Morgan fingerprint density at radius 1 is 1.04 bits per heavy atom. The lowest BCUT2D eigenvalue weighted by molar-refractivity contribution is -0.128. The fourth-order valence-corrected chi connectivity index (χ4v) is 2.55. The number of nitrogens with one attached hydrogen (secondary N) is 1. The molecule has 2 rings (SSSR count). The normalized spacial score (nSPS) is 13.2. The maximum atomic E-state index is 12.6. The molecule has 0 aliphatic carbocycles. The zero-order chi connectivity index (χ0) is 17.7. The summed E-state index contributed by atoms with van der Waals surface area (Å²) in [6, 6.07) is 14.2. The molecule has 0 saturated heterocycles. The largest absolute Gasteiger partial charge is 0.480 e. The van der Waals surface area contributed by atoms with E-state index in [0.29, 0.717) is 6.42 Å². The molecule has 1 amide bonds. The van der Waals surface area contributed by atoms with Crippen molar-refractivity contribution in [1.29, 1.82) is 0 Å². The average Bonchev–Trinajstić information content (AvgIpc) is 2.56. The fraction of sp³-hybridized carbons (Fsp3) is 0.381. The van der Waals surface area contributed by atoms with Gasteiger partial charge in [-0.25, -0.2) is 0 Å². The third-order valence-electron chi connectivity index (χ3n) is 4.21. The minimum Gasteiger partial charge on any atom is -0.480 e. The van der Waals surface area contributed by atoms with Crippen LogP contribution < -0.4 is 10.1 Å². The lowest BCUT2D eigenvalue weighted by Crippen LogP contribution is -2.39. The quantitative estimate of drug-likeness (QED) is 0.840. The number of aryl methyl sites for hydroxylation is 3. The molecule has 3 heteroatoms. The zero-order valence-electron chi connectivity index (χ0n) is 15.2. The summed E-state index contributed by atoms with van der Waals surface area (Å²) in [5.41, 5.74) is 4.47. The van der Waals surface area contributed by atoms with E-state index in [1.807, 2.05) is 58.0 Å². The van der Waals surface area contributed by atoms with Crippen LogP contribution >= 0.6 is 0 Å². The first-order valence-electron chi connectivity index (χ1n) is 8.51. The number of hydrogen-bond donors (Lipinski definition) is 1. The van der Waals surface area contributed by atoms with Gasteiger partial charge in [0, 0.05) is 0 Å². The molecule has 128 valence electrons. The second-order valence-corrected chi connectivity index (χ2v) is 6.42. The summed E-state index contributed by atoms with van der Waals surface area (Å²) in [5.74, 6) is 0.700. The lowest BCUT2D eigenvalue weighted by Gasteiger charge is -2.22. The molecule has 2 atom stereocenters. The van der Waals surface area contributed by atoms with E-state index in [0.717, 1.165) is 22.4 Å². The Bertz CT molecular complexity index is 691. The van der Waals surface area contributed by atoms with Gasteiger partial charge in [0.1, 0.15) is 5.75 Å².